The fourth-order valence-electron chi connectivity index (χ4n) is 3.05. The number of aryl methyl sites for hydroxylation is 1. The van der Waals surface area contributed by atoms with E-state index in [2.05, 4.69) is 62.7 Å². The molecule has 0 aliphatic carbocycles. The van der Waals surface area contributed by atoms with E-state index in [0.29, 0.717) is 18.6 Å². The quantitative estimate of drug-likeness (QED) is 0.312. The summed E-state index contributed by atoms with van der Waals surface area (Å²) >= 11 is 0. The number of rotatable bonds is 8. The van der Waals surface area contributed by atoms with Gasteiger partial charge in [-0.05, 0) is 48.6 Å². The van der Waals surface area contributed by atoms with E-state index < -0.39 is 0 Å². The highest BCUT2D eigenvalue weighted by Crippen LogP contribution is 2.27. The van der Waals surface area contributed by atoms with Crippen LogP contribution in [0.1, 0.15) is 56.5 Å². The fraction of sp³-hybridized carbons (Fsp3) is 0.296. The van der Waals surface area contributed by atoms with Crippen molar-refractivity contribution in [1.29, 1.82) is 0 Å². The third kappa shape index (κ3) is 6.48. The van der Waals surface area contributed by atoms with Gasteiger partial charge in [0, 0.05) is 23.3 Å². The summed E-state index contributed by atoms with van der Waals surface area (Å²) in [5, 5.41) is 0. The lowest BCUT2D eigenvalue weighted by atomic mass is 9.86. The molecule has 2 rings (SSSR count). The highest BCUT2D eigenvalue weighted by molar-refractivity contribution is 5.78. The van der Waals surface area contributed by atoms with Crippen molar-refractivity contribution in [1.82, 2.24) is 4.98 Å². The molecule has 0 atom stereocenters. The van der Waals surface area contributed by atoms with E-state index in [1.54, 1.807) is 6.08 Å². The second kappa shape index (κ2) is 10.6. The molecule has 158 valence electrons. The van der Waals surface area contributed by atoms with E-state index in [1.807, 2.05) is 44.2 Å². The predicted octanol–water partition coefficient (Wildman–Crippen LogP) is 6.47. The maximum Gasteiger partial charge on any atom is 0.251 e. The zero-order chi connectivity index (χ0) is 22.1. The summed E-state index contributed by atoms with van der Waals surface area (Å²) in [4.78, 5) is 15.2. The van der Waals surface area contributed by atoms with Crippen LogP contribution in [0.2, 0.25) is 0 Å². The van der Waals surface area contributed by atoms with Gasteiger partial charge < -0.3 is 9.72 Å². The Bertz CT molecular complexity index is 996. The van der Waals surface area contributed by atoms with Gasteiger partial charge in [-0.25, -0.2) is 0 Å². The number of nitrogens with one attached hydrogen (secondary N) is 1. The lowest BCUT2D eigenvalue weighted by molar-refractivity contribution is 0.230. The number of aromatic nitrogens is 1. The lowest BCUT2D eigenvalue weighted by Gasteiger charge is -2.19. The summed E-state index contributed by atoms with van der Waals surface area (Å²) in [5.74, 6) is 0.778. The Hall–Kier alpha value is -3.07. The first-order chi connectivity index (χ1) is 14.3. The van der Waals surface area contributed by atoms with Gasteiger partial charge in [-0.2, -0.15) is 0 Å². The average Bonchev–Trinajstić information content (AvgIpc) is 2.70. The van der Waals surface area contributed by atoms with Crippen molar-refractivity contribution in [3.05, 3.63) is 112 Å². The van der Waals surface area contributed by atoms with E-state index in [0.717, 1.165) is 22.6 Å². The van der Waals surface area contributed by atoms with E-state index >= 15 is 0 Å². The van der Waals surface area contributed by atoms with Gasteiger partial charge in [0.25, 0.3) is 5.56 Å². The molecule has 0 saturated heterocycles. The van der Waals surface area contributed by atoms with E-state index in [-0.39, 0.29) is 11.0 Å². The molecule has 3 heteroatoms. The molecule has 0 fully saturated rings. The van der Waals surface area contributed by atoms with E-state index in [4.69, 9.17) is 4.74 Å². The van der Waals surface area contributed by atoms with Crippen LogP contribution in [0.4, 0.5) is 0 Å². The number of H-pyrrole nitrogens is 1. The van der Waals surface area contributed by atoms with Crippen LogP contribution in [0.25, 0.3) is 5.57 Å². The molecular formula is C27H33NO2. The third-order valence-corrected chi connectivity index (χ3v) is 4.81. The number of ether oxygens (including phenoxy) is 1. The summed E-state index contributed by atoms with van der Waals surface area (Å²) in [7, 11) is 0. The summed E-state index contributed by atoms with van der Waals surface area (Å²) in [6.07, 6.45) is 10.2. The van der Waals surface area contributed by atoms with Gasteiger partial charge in [-0.3, -0.25) is 4.79 Å². The molecule has 1 aromatic carbocycles. The minimum atomic E-state index is -0.0646. The first-order valence-corrected chi connectivity index (χ1v) is 10.4. The Kier molecular flexibility index (Phi) is 8.23. The second-order valence-electron chi connectivity index (χ2n) is 8.27. The summed E-state index contributed by atoms with van der Waals surface area (Å²) < 4.78 is 5.84. The molecule has 0 saturated carbocycles. The van der Waals surface area contributed by atoms with Crippen molar-refractivity contribution < 1.29 is 4.74 Å². The maximum atomic E-state index is 12.2. The minimum absolute atomic E-state index is 0.0646. The van der Waals surface area contributed by atoms with Crippen LogP contribution in [-0.2, 0) is 10.2 Å². The predicted molar refractivity (Wildman–Crippen MR) is 128 cm³/mol. The molecule has 0 aliphatic heterocycles. The molecule has 0 radical (unpaired) electrons. The number of benzene rings is 1. The number of pyridine rings is 1. The van der Waals surface area contributed by atoms with Gasteiger partial charge in [-0.15, -0.1) is 0 Å². The Labute approximate surface area is 180 Å². The van der Waals surface area contributed by atoms with Crippen LogP contribution in [0.15, 0.2) is 83.9 Å². The Balaban J connectivity index is 2.33. The second-order valence-corrected chi connectivity index (χ2v) is 8.27. The first kappa shape index (κ1) is 23.2. The van der Waals surface area contributed by atoms with Gasteiger partial charge in [-0.1, -0.05) is 75.9 Å². The van der Waals surface area contributed by atoms with Crippen molar-refractivity contribution in [3.63, 3.8) is 0 Å². The highest BCUT2D eigenvalue weighted by Gasteiger charge is 2.14. The Morgan fingerprint density at radius 1 is 1.13 bits per heavy atom. The minimum Gasteiger partial charge on any atom is -0.493 e. The van der Waals surface area contributed by atoms with Gasteiger partial charge in [0.15, 0.2) is 0 Å². The molecule has 1 aromatic heterocycles. The molecule has 30 heavy (non-hydrogen) atoms. The van der Waals surface area contributed by atoms with Crippen LogP contribution in [0.5, 0.6) is 0 Å². The van der Waals surface area contributed by atoms with Crippen LogP contribution in [-0.4, -0.2) is 11.6 Å². The van der Waals surface area contributed by atoms with Crippen LogP contribution in [0, 0.1) is 6.92 Å². The molecular weight excluding hydrogens is 370 g/mol. The summed E-state index contributed by atoms with van der Waals surface area (Å²) in [6.45, 7) is 14.6. The number of hydrogen-bond acceptors (Lipinski definition) is 2. The molecule has 0 amide bonds. The van der Waals surface area contributed by atoms with Gasteiger partial charge >= 0.3 is 0 Å². The Morgan fingerprint density at radius 3 is 2.40 bits per heavy atom. The SMILES string of the molecule is C=C/C=C(\C=C/C)OCC/C=C(\c1ccc(C(C)(C)C)cc1)c1ccc(C)c(=O)[nH]1. The third-order valence-electron chi connectivity index (χ3n) is 4.81. The highest BCUT2D eigenvalue weighted by atomic mass is 16.5. The zero-order valence-corrected chi connectivity index (χ0v) is 18.8. The first-order valence-electron chi connectivity index (χ1n) is 10.4. The van der Waals surface area contributed by atoms with Gasteiger partial charge in [0.2, 0.25) is 0 Å². The van der Waals surface area contributed by atoms with Crippen molar-refractivity contribution in [3.8, 4) is 0 Å². The van der Waals surface area contributed by atoms with Crippen molar-refractivity contribution in [2.24, 2.45) is 0 Å². The molecule has 0 spiro atoms. The molecule has 2 aromatic rings. The van der Waals surface area contributed by atoms with Crippen molar-refractivity contribution in [2.45, 2.75) is 46.5 Å². The van der Waals surface area contributed by atoms with Crippen LogP contribution in [0.3, 0.4) is 0 Å². The monoisotopic (exact) mass is 403 g/mol. The number of allylic oxidation sites excluding steroid dienone is 4. The molecule has 0 unspecified atom stereocenters. The molecule has 3 nitrogen and oxygen atoms in total. The Morgan fingerprint density at radius 2 is 1.83 bits per heavy atom. The van der Waals surface area contributed by atoms with Crippen molar-refractivity contribution >= 4 is 5.57 Å². The average molecular weight is 404 g/mol. The lowest BCUT2D eigenvalue weighted by Crippen LogP contribution is -2.12. The van der Waals surface area contributed by atoms with E-state index in [9.17, 15) is 4.79 Å². The zero-order valence-electron chi connectivity index (χ0n) is 18.8. The standard InChI is InChI=1S/C27H33NO2/c1-7-10-23(11-8-2)30-19-9-12-24(25-18-13-20(3)26(29)28-25)21-14-16-22(17-15-21)27(4,5)6/h7-8,10-18H,1,9,19H2,2-6H3,(H,28,29)/b11-8-,23-10+,24-12+. The van der Waals surface area contributed by atoms with Crippen LogP contribution >= 0.6 is 0 Å². The summed E-state index contributed by atoms with van der Waals surface area (Å²) in [5.41, 5.74) is 4.88. The van der Waals surface area contributed by atoms with Gasteiger partial charge in [0.05, 0.1) is 6.61 Å². The normalized spacial score (nSPS) is 13.0. The maximum absolute atomic E-state index is 12.2. The smallest absolute Gasteiger partial charge is 0.251 e. The molecule has 1 heterocycles. The number of hydrogen-bond donors (Lipinski definition) is 1. The van der Waals surface area contributed by atoms with Gasteiger partial charge in [0.1, 0.15) is 5.76 Å². The molecule has 0 bridgehead atoms. The summed E-state index contributed by atoms with van der Waals surface area (Å²) in [6, 6.07) is 12.4. The van der Waals surface area contributed by atoms with Crippen molar-refractivity contribution in [2.75, 3.05) is 6.61 Å². The van der Waals surface area contributed by atoms with E-state index in [1.165, 1.54) is 5.56 Å². The molecule has 0 aliphatic rings. The topological polar surface area (TPSA) is 42.1 Å². The molecule has 1 N–H and O–H groups in total. The van der Waals surface area contributed by atoms with Crippen LogP contribution < -0.4 is 5.56 Å². The largest absolute Gasteiger partial charge is 0.493 e. The fourth-order valence-corrected chi connectivity index (χ4v) is 3.05. The number of aromatic amines is 1.